The van der Waals surface area contributed by atoms with Crippen molar-refractivity contribution in [1.29, 1.82) is 0 Å². The third kappa shape index (κ3) is 4.72. The molecule has 110 valence electrons. The standard InChI is InChI=1S/C18H20O3/c1-14(19)12-18(16-6-4-3-5-7-16)21-13-15-8-10-17(20-2)11-9-15/h3-11,18H,12-13H2,1-2H3. The highest BCUT2D eigenvalue weighted by Crippen LogP contribution is 2.23. The van der Waals surface area contributed by atoms with Gasteiger partial charge in [-0.2, -0.15) is 0 Å². The second-order valence-electron chi connectivity index (χ2n) is 4.96. The van der Waals surface area contributed by atoms with Crippen molar-refractivity contribution in [2.24, 2.45) is 0 Å². The highest BCUT2D eigenvalue weighted by molar-refractivity contribution is 5.76. The molecule has 0 fully saturated rings. The Kier molecular flexibility index (Phi) is 5.52. The average Bonchev–Trinajstić information content (AvgIpc) is 2.52. The molecule has 0 aliphatic carbocycles. The van der Waals surface area contributed by atoms with Crippen LogP contribution >= 0.6 is 0 Å². The largest absolute Gasteiger partial charge is 0.497 e. The fraction of sp³-hybridized carbons (Fsp3) is 0.278. The van der Waals surface area contributed by atoms with Gasteiger partial charge in [-0.25, -0.2) is 0 Å². The third-order valence-corrected chi connectivity index (χ3v) is 3.25. The van der Waals surface area contributed by atoms with Crippen molar-refractivity contribution >= 4 is 5.78 Å². The van der Waals surface area contributed by atoms with Crippen LogP contribution in [-0.2, 0) is 16.1 Å². The Morgan fingerprint density at radius 1 is 1.05 bits per heavy atom. The summed E-state index contributed by atoms with van der Waals surface area (Å²) >= 11 is 0. The summed E-state index contributed by atoms with van der Waals surface area (Å²) in [5.41, 5.74) is 2.08. The third-order valence-electron chi connectivity index (χ3n) is 3.25. The zero-order valence-electron chi connectivity index (χ0n) is 12.4. The first-order valence-corrected chi connectivity index (χ1v) is 6.98. The van der Waals surface area contributed by atoms with Gasteiger partial charge >= 0.3 is 0 Å². The van der Waals surface area contributed by atoms with Crippen LogP contribution < -0.4 is 4.74 Å². The molecule has 2 aromatic carbocycles. The number of benzene rings is 2. The topological polar surface area (TPSA) is 35.5 Å². The first kappa shape index (κ1) is 15.3. The van der Waals surface area contributed by atoms with Gasteiger partial charge in [0.15, 0.2) is 0 Å². The van der Waals surface area contributed by atoms with E-state index in [0.717, 1.165) is 16.9 Å². The van der Waals surface area contributed by atoms with Gasteiger partial charge in [0, 0.05) is 6.42 Å². The van der Waals surface area contributed by atoms with Gasteiger partial charge in [-0.1, -0.05) is 42.5 Å². The number of hydrogen-bond acceptors (Lipinski definition) is 3. The minimum Gasteiger partial charge on any atom is -0.497 e. The predicted molar refractivity (Wildman–Crippen MR) is 82.3 cm³/mol. The van der Waals surface area contributed by atoms with Gasteiger partial charge in [0.1, 0.15) is 11.5 Å². The fourth-order valence-corrected chi connectivity index (χ4v) is 2.12. The zero-order valence-corrected chi connectivity index (χ0v) is 12.4. The summed E-state index contributed by atoms with van der Waals surface area (Å²) in [7, 11) is 1.64. The number of Topliss-reactive ketones (excluding diaryl/α,β-unsaturated/α-hetero) is 1. The Balaban J connectivity index is 2.03. The minimum atomic E-state index is -0.203. The molecule has 0 amide bonds. The summed E-state index contributed by atoms with van der Waals surface area (Å²) in [5, 5.41) is 0. The number of carbonyl (C=O) groups is 1. The Morgan fingerprint density at radius 2 is 1.71 bits per heavy atom. The number of hydrogen-bond donors (Lipinski definition) is 0. The van der Waals surface area contributed by atoms with E-state index in [1.54, 1.807) is 14.0 Å². The van der Waals surface area contributed by atoms with Crippen molar-refractivity contribution in [3.63, 3.8) is 0 Å². The lowest BCUT2D eigenvalue weighted by atomic mass is 10.0. The molecule has 0 N–H and O–H groups in total. The lowest BCUT2D eigenvalue weighted by molar-refractivity contribution is -0.120. The van der Waals surface area contributed by atoms with E-state index in [1.807, 2.05) is 54.6 Å². The molecule has 2 aromatic rings. The van der Waals surface area contributed by atoms with Crippen molar-refractivity contribution in [2.75, 3.05) is 7.11 Å². The van der Waals surface area contributed by atoms with E-state index in [4.69, 9.17) is 9.47 Å². The van der Waals surface area contributed by atoms with Crippen LogP contribution in [0.15, 0.2) is 54.6 Å². The molecule has 0 radical (unpaired) electrons. The van der Waals surface area contributed by atoms with Crippen molar-refractivity contribution in [3.8, 4) is 5.75 Å². The Morgan fingerprint density at radius 3 is 2.29 bits per heavy atom. The number of rotatable bonds is 7. The molecule has 0 saturated carbocycles. The van der Waals surface area contributed by atoms with Crippen LogP contribution in [0, 0.1) is 0 Å². The van der Waals surface area contributed by atoms with Gasteiger partial charge in [-0.15, -0.1) is 0 Å². The van der Waals surface area contributed by atoms with Crippen molar-refractivity contribution < 1.29 is 14.3 Å². The number of carbonyl (C=O) groups excluding carboxylic acids is 1. The smallest absolute Gasteiger partial charge is 0.132 e. The maximum Gasteiger partial charge on any atom is 0.132 e. The second kappa shape index (κ2) is 7.60. The first-order chi connectivity index (χ1) is 10.2. The number of ketones is 1. The van der Waals surface area contributed by atoms with E-state index in [0.29, 0.717) is 13.0 Å². The van der Waals surface area contributed by atoms with Crippen LogP contribution in [0.25, 0.3) is 0 Å². The van der Waals surface area contributed by atoms with Crippen LogP contribution in [0.4, 0.5) is 0 Å². The van der Waals surface area contributed by atoms with Crippen LogP contribution in [0.1, 0.15) is 30.6 Å². The summed E-state index contributed by atoms with van der Waals surface area (Å²) in [6.45, 7) is 2.06. The minimum absolute atomic E-state index is 0.124. The monoisotopic (exact) mass is 284 g/mol. The summed E-state index contributed by atoms with van der Waals surface area (Å²) in [4.78, 5) is 11.4. The molecular formula is C18H20O3. The Labute approximate surface area is 125 Å². The molecule has 0 heterocycles. The molecule has 0 aliphatic heterocycles. The zero-order chi connectivity index (χ0) is 15.1. The molecule has 3 nitrogen and oxygen atoms in total. The van der Waals surface area contributed by atoms with Crippen LogP contribution in [0.3, 0.4) is 0 Å². The molecule has 0 aromatic heterocycles. The number of ether oxygens (including phenoxy) is 2. The lowest BCUT2D eigenvalue weighted by Gasteiger charge is -2.17. The highest BCUT2D eigenvalue weighted by atomic mass is 16.5. The van der Waals surface area contributed by atoms with E-state index >= 15 is 0 Å². The van der Waals surface area contributed by atoms with Crippen molar-refractivity contribution in [3.05, 3.63) is 65.7 Å². The van der Waals surface area contributed by atoms with Crippen molar-refractivity contribution in [1.82, 2.24) is 0 Å². The maximum atomic E-state index is 11.4. The summed E-state index contributed by atoms with van der Waals surface area (Å²) in [6.07, 6.45) is 0.186. The lowest BCUT2D eigenvalue weighted by Crippen LogP contribution is -2.08. The SMILES string of the molecule is COc1ccc(COC(CC(C)=O)c2ccccc2)cc1. The highest BCUT2D eigenvalue weighted by Gasteiger charge is 2.14. The normalized spacial score (nSPS) is 11.9. The summed E-state index contributed by atoms with van der Waals surface area (Å²) in [6, 6.07) is 17.6. The van der Waals surface area contributed by atoms with Gasteiger partial charge in [0.25, 0.3) is 0 Å². The molecule has 1 unspecified atom stereocenters. The van der Waals surface area contributed by atoms with E-state index < -0.39 is 0 Å². The summed E-state index contributed by atoms with van der Waals surface area (Å²) in [5.74, 6) is 0.945. The van der Waals surface area contributed by atoms with Crippen LogP contribution in [-0.4, -0.2) is 12.9 Å². The quantitative estimate of drug-likeness (QED) is 0.772. The second-order valence-corrected chi connectivity index (χ2v) is 4.96. The Bertz CT molecular complexity index is 561. The molecule has 0 spiro atoms. The van der Waals surface area contributed by atoms with Crippen molar-refractivity contribution in [2.45, 2.75) is 26.1 Å². The van der Waals surface area contributed by atoms with E-state index in [1.165, 1.54) is 0 Å². The summed E-state index contributed by atoms with van der Waals surface area (Å²) < 4.78 is 11.1. The van der Waals surface area contributed by atoms with E-state index in [2.05, 4.69) is 0 Å². The van der Waals surface area contributed by atoms with Gasteiger partial charge in [-0.05, 0) is 30.2 Å². The molecule has 0 saturated heterocycles. The fourth-order valence-electron chi connectivity index (χ4n) is 2.12. The van der Waals surface area contributed by atoms with Gasteiger partial charge in [-0.3, -0.25) is 4.79 Å². The van der Waals surface area contributed by atoms with E-state index in [9.17, 15) is 4.79 Å². The maximum absolute atomic E-state index is 11.4. The van der Waals surface area contributed by atoms with Gasteiger partial charge in [0.05, 0.1) is 19.8 Å². The van der Waals surface area contributed by atoms with E-state index in [-0.39, 0.29) is 11.9 Å². The molecule has 0 aliphatic rings. The molecule has 21 heavy (non-hydrogen) atoms. The molecule has 2 rings (SSSR count). The molecule has 0 bridgehead atoms. The van der Waals surface area contributed by atoms with Crippen LogP contribution in [0.5, 0.6) is 5.75 Å². The van der Waals surface area contributed by atoms with Gasteiger partial charge in [0.2, 0.25) is 0 Å². The first-order valence-electron chi connectivity index (χ1n) is 6.98. The molecule has 1 atom stereocenters. The number of methoxy groups -OCH3 is 1. The predicted octanol–water partition coefficient (Wildman–Crippen LogP) is 3.93. The van der Waals surface area contributed by atoms with Crippen LogP contribution in [0.2, 0.25) is 0 Å². The van der Waals surface area contributed by atoms with Gasteiger partial charge < -0.3 is 9.47 Å². The molecule has 3 heteroatoms. The average molecular weight is 284 g/mol. The molecular weight excluding hydrogens is 264 g/mol. The Hall–Kier alpha value is -2.13.